The monoisotopic (exact) mass is 293 g/mol. The molecule has 3 nitrogen and oxygen atoms in total. The molecular formula is C18H31NO2. The van der Waals surface area contributed by atoms with Crippen molar-refractivity contribution in [2.75, 3.05) is 20.8 Å². The molecule has 0 aliphatic rings. The first-order chi connectivity index (χ1) is 9.83. The number of hydrogen-bond donors (Lipinski definition) is 1. The van der Waals surface area contributed by atoms with Crippen LogP contribution < -0.4 is 14.8 Å². The third-order valence-corrected chi connectivity index (χ3v) is 4.33. The molecule has 0 aliphatic carbocycles. The van der Waals surface area contributed by atoms with Gasteiger partial charge in [-0.2, -0.15) is 0 Å². The van der Waals surface area contributed by atoms with Crippen LogP contribution in [0.5, 0.6) is 11.5 Å². The molecule has 1 N–H and O–H groups in total. The maximum absolute atomic E-state index is 5.42. The second-order valence-electron chi connectivity index (χ2n) is 6.73. The summed E-state index contributed by atoms with van der Waals surface area (Å²) in [5.41, 5.74) is 1.56. The van der Waals surface area contributed by atoms with Gasteiger partial charge in [0.25, 0.3) is 0 Å². The van der Waals surface area contributed by atoms with Crippen molar-refractivity contribution >= 4 is 0 Å². The largest absolute Gasteiger partial charge is 0.493 e. The van der Waals surface area contributed by atoms with Crippen LogP contribution in [0.15, 0.2) is 18.2 Å². The van der Waals surface area contributed by atoms with E-state index in [4.69, 9.17) is 9.47 Å². The Morgan fingerprint density at radius 1 is 1.10 bits per heavy atom. The lowest BCUT2D eigenvalue weighted by Gasteiger charge is -2.31. The fourth-order valence-corrected chi connectivity index (χ4v) is 2.36. The molecule has 1 rings (SSSR count). The van der Waals surface area contributed by atoms with Crippen molar-refractivity contribution in [3.05, 3.63) is 23.8 Å². The molecule has 0 heterocycles. The van der Waals surface area contributed by atoms with Gasteiger partial charge in [0.2, 0.25) is 0 Å². The van der Waals surface area contributed by atoms with Gasteiger partial charge in [-0.05, 0) is 42.0 Å². The minimum atomic E-state index is 0.310. The molecule has 1 aromatic carbocycles. The van der Waals surface area contributed by atoms with E-state index < -0.39 is 0 Å². The topological polar surface area (TPSA) is 30.5 Å². The average Bonchev–Trinajstić information content (AvgIpc) is 2.44. The molecule has 21 heavy (non-hydrogen) atoms. The Hall–Kier alpha value is -1.22. The maximum Gasteiger partial charge on any atom is 0.161 e. The Bertz CT molecular complexity index is 437. The molecule has 0 aliphatic heterocycles. The highest BCUT2D eigenvalue weighted by atomic mass is 16.5. The van der Waals surface area contributed by atoms with Crippen molar-refractivity contribution in [1.29, 1.82) is 0 Å². The van der Waals surface area contributed by atoms with E-state index in [1.807, 2.05) is 6.07 Å². The fourth-order valence-electron chi connectivity index (χ4n) is 2.36. The number of rotatable bonds is 7. The van der Waals surface area contributed by atoms with Gasteiger partial charge in [0.1, 0.15) is 0 Å². The molecule has 120 valence electrons. The average molecular weight is 293 g/mol. The molecule has 1 aromatic rings. The van der Waals surface area contributed by atoms with Gasteiger partial charge >= 0.3 is 0 Å². The predicted molar refractivity (Wildman–Crippen MR) is 89.2 cm³/mol. The molecule has 0 saturated carbocycles. The number of ether oxygens (including phenoxy) is 2. The zero-order chi connectivity index (χ0) is 16.0. The van der Waals surface area contributed by atoms with Crippen molar-refractivity contribution in [2.24, 2.45) is 11.3 Å². The van der Waals surface area contributed by atoms with Crippen LogP contribution >= 0.6 is 0 Å². The summed E-state index contributed by atoms with van der Waals surface area (Å²) in [5.74, 6) is 2.19. The van der Waals surface area contributed by atoms with Gasteiger partial charge < -0.3 is 14.8 Å². The van der Waals surface area contributed by atoms with Crippen molar-refractivity contribution in [2.45, 2.75) is 47.1 Å². The van der Waals surface area contributed by atoms with Gasteiger partial charge in [0.15, 0.2) is 11.5 Å². The minimum absolute atomic E-state index is 0.310. The highest BCUT2D eigenvalue weighted by Gasteiger charge is 2.24. The van der Waals surface area contributed by atoms with E-state index in [2.05, 4.69) is 52.1 Å². The SMILES string of the molecule is CCNC(CC(C)C(C)(C)C)c1ccc(OC)c(OC)c1. The second-order valence-corrected chi connectivity index (χ2v) is 6.73. The van der Waals surface area contributed by atoms with Crippen molar-refractivity contribution in [3.8, 4) is 11.5 Å². The quantitative estimate of drug-likeness (QED) is 0.807. The Morgan fingerprint density at radius 2 is 1.71 bits per heavy atom. The van der Waals surface area contributed by atoms with Crippen LogP contribution in [0.4, 0.5) is 0 Å². The molecule has 0 fully saturated rings. The van der Waals surface area contributed by atoms with E-state index in [1.54, 1.807) is 14.2 Å². The van der Waals surface area contributed by atoms with Crippen LogP contribution in [-0.2, 0) is 0 Å². The molecule has 0 spiro atoms. The molecule has 0 saturated heterocycles. The van der Waals surface area contributed by atoms with E-state index in [9.17, 15) is 0 Å². The Balaban J connectivity index is 3.00. The smallest absolute Gasteiger partial charge is 0.161 e. The third kappa shape index (κ3) is 4.92. The Kier molecular flexibility index (Phi) is 6.53. The number of nitrogens with one attached hydrogen (secondary N) is 1. The van der Waals surface area contributed by atoms with Crippen LogP contribution in [-0.4, -0.2) is 20.8 Å². The molecule has 3 heteroatoms. The number of hydrogen-bond acceptors (Lipinski definition) is 3. The van der Waals surface area contributed by atoms with Crippen LogP contribution in [0.2, 0.25) is 0 Å². The first-order valence-electron chi connectivity index (χ1n) is 7.78. The van der Waals surface area contributed by atoms with Gasteiger partial charge in [0, 0.05) is 6.04 Å². The highest BCUT2D eigenvalue weighted by molar-refractivity contribution is 5.43. The van der Waals surface area contributed by atoms with Crippen LogP contribution in [0, 0.1) is 11.3 Å². The number of methoxy groups -OCH3 is 2. The van der Waals surface area contributed by atoms with Crippen LogP contribution in [0.1, 0.15) is 52.6 Å². The zero-order valence-corrected chi connectivity index (χ0v) is 14.6. The zero-order valence-electron chi connectivity index (χ0n) is 14.6. The van der Waals surface area contributed by atoms with Gasteiger partial charge in [-0.15, -0.1) is 0 Å². The van der Waals surface area contributed by atoms with E-state index in [-0.39, 0.29) is 0 Å². The third-order valence-electron chi connectivity index (χ3n) is 4.33. The molecule has 2 atom stereocenters. The second kappa shape index (κ2) is 7.69. The summed E-state index contributed by atoms with van der Waals surface area (Å²) in [7, 11) is 3.35. The molecule has 0 amide bonds. The van der Waals surface area contributed by atoms with Gasteiger partial charge in [-0.3, -0.25) is 0 Å². The standard InChI is InChI=1S/C18H31NO2/c1-8-19-15(11-13(2)18(3,4)5)14-9-10-16(20-6)17(12-14)21-7/h9-10,12-13,15,19H,8,11H2,1-7H3. The summed E-state index contributed by atoms with van der Waals surface area (Å²) in [6.07, 6.45) is 1.10. The van der Waals surface area contributed by atoms with Gasteiger partial charge in [-0.25, -0.2) is 0 Å². The van der Waals surface area contributed by atoms with Crippen molar-refractivity contribution in [3.63, 3.8) is 0 Å². The van der Waals surface area contributed by atoms with Crippen LogP contribution in [0.25, 0.3) is 0 Å². The van der Waals surface area contributed by atoms with Crippen LogP contribution in [0.3, 0.4) is 0 Å². The van der Waals surface area contributed by atoms with Crippen molar-refractivity contribution in [1.82, 2.24) is 5.32 Å². The van der Waals surface area contributed by atoms with Gasteiger partial charge in [-0.1, -0.05) is 40.7 Å². The summed E-state index contributed by atoms with van der Waals surface area (Å²) >= 11 is 0. The van der Waals surface area contributed by atoms with E-state index in [0.717, 1.165) is 24.5 Å². The summed E-state index contributed by atoms with van der Waals surface area (Å²) in [6, 6.07) is 6.54. The normalized spacial score (nSPS) is 14.6. The predicted octanol–water partition coefficient (Wildman–Crippen LogP) is 4.43. The summed E-state index contributed by atoms with van der Waals surface area (Å²) < 4.78 is 10.7. The van der Waals surface area contributed by atoms with Crippen molar-refractivity contribution < 1.29 is 9.47 Å². The Labute approximate surface area is 130 Å². The Morgan fingerprint density at radius 3 is 2.19 bits per heavy atom. The lowest BCUT2D eigenvalue weighted by atomic mass is 9.77. The van der Waals surface area contributed by atoms with E-state index in [0.29, 0.717) is 17.4 Å². The summed E-state index contributed by atoms with van der Waals surface area (Å²) in [5, 5.41) is 3.59. The maximum atomic E-state index is 5.42. The fraction of sp³-hybridized carbons (Fsp3) is 0.667. The highest BCUT2D eigenvalue weighted by Crippen LogP contribution is 2.36. The lowest BCUT2D eigenvalue weighted by molar-refractivity contribution is 0.223. The minimum Gasteiger partial charge on any atom is -0.493 e. The first kappa shape index (κ1) is 17.8. The molecular weight excluding hydrogens is 262 g/mol. The molecule has 0 bridgehead atoms. The number of benzene rings is 1. The summed E-state index contributed by atoms with van der Waals surface area (Å²) in [4.78, 5) is 0. The first-order valence-corrected chi connectivity index (χ1v) is 7.78. The molecule has 0 aromatic heterocycles. The van der Waals surface area contributed by atoms with E-state index in [1.165, 1.54) is 5.56 Å². The van der Waals surface area contributed by atoms with E-state index >= 15 is 0 Å². The molecule has 0 radical (unpaired) electrons. The summed E-state index contributed by atoms with van der Waals surface area (Å²) in [6.45, 7) is 12.3. The lowest BCUT2D eigenvalue weighted by Crippen LogP contribution is -2.27. The van der Waals surface area contributed by atoms with Gasteiger partial charge in [0.05, 0.1) is 14.2 Å². The molecule has 2 unspecified atom stereocenters.